The largest absolute Gasteiger partial charge is 0.367 e. The van der Waals surface area contributed by atoms with Crippen molar-refractivity contribution in [3.8, 4) is 6.07 Å². The normalized spacial score (nSPS) is 19.5. The number of carbonyl (C=O) groups excluding carboxylic acids is 2. The van der Waals surface area contributed by atoms with E-state index in [-0.39, 0.29) is 11.8 Å². The van der Waals surface area contributed by atoms with Gasteiger partial charge in [0.15, 0.2) is 0 Å². The van der Waals surface area contributed by atoms with Crippen molar-refractivity contribution in [2.75, 3.05) is 24.6 Å². The summed E-state index contributed by atoms with van der Waals surface area (Å²) in [5.74, 6) is -0.298. The van der Waals surface area contributed by atoms with Crippen LogP contribution in [0.25, 0.3) is 0 Å². The third-order valence-electron chi connectivity index (χ3n) is 5.39. The highest BCUT2D eigenvalue weighted by Crippen LogP contribution is 2.29. The molecule has 2 aromatic rings. The Kier molecular flexibility index (Phi) is 6.07. The number of hydrogen-bond acceptors (Lipinski definition) is 5. The Morgan fingerprint density at radius 3 is 2.93 bits per heavy atom. The van der Waals surface area contributed by atoms with Crippen molar-refractivity contribution >= 4 is 17.5 Å². The minimum atomic E-state index is -0.662. The van der Waals surface area contributed by atoms with Crippen molar-refractivity contribution < 1.29 is 14.3 Å². The number of nitrogens with zero attached hydrogens (tertiary/aromatic N) is 2. The lowest BCUT2D eigenvalue weighted by atomic mass is 10.0. The van der Waals surface area contributed by atoms with Crippen LogP contribution in [0.2, 0.25) is 0 Å². The van der Waals surface area contributed by atoms with Gasteiger partial charge < -0.3 is 20.3 Å². The molecule has 0 aromatic heterocycles. The molecular weight excluding hydrogens is 380 g/mol. The quantitative estimate of drug-likeness (QED) is 0.792. The fourth-order valence-corrected chi connectivity index (χ4v) is 3.83. The van der Waals surface area contributed by atoms with E-state index in [0.717, 1.165) is 29.8 Å². The highest BCUT2D eigenvalue weighted by atomic mass is 16.5. The molecule has 30 heavy (non-hydrogen) atoms. The summed E-state index contributed by atoms with van der Waals surface area (Å²) in [7, 11) is 0. The summed E-state index contributed by atoms with van der Waals surface area (Å²) < 4.78 is 5.56. The fraction of sp³-hybridized carbons (Fsp3) is 0.348. The summed E-state index contributed by atoms with van der Waals surface area (Å²) in [6.45, 7) is 2.29. The molecule has 1 saturated heterocycles. The first-order chi connectivity index (χ1) is 14.7. The summed E-state index contributed by atoms with van der Waals surface area (Å²) in [5, 5.41) is 15.5. The first-order valence-corrected chi connectivity index (χ1v) is 10.2. The molecule has 0 aliphatic carbocycles. The standard InChI is InChI=1S/C23H24N4O3/c24-13-18(26-22(28)21-14-25-9-4-10-30-21)12-16-7-8-20-17(11-16)15-27(23(20)29)19-5-2-1-3-6-19/h1-3,5-8,11,18,21,25H,4,9-10,12,14-15H2,(H,26,28)/t18-,21+/m1/s1. The molecule has 7 nitrogen and oxygen atoms in total. The van der Waals surface area contributed by atoms with Crippen LogP contribution in [0.4, 0.5) is 5.69 Å². The van der Waals surface area contributed by atoms with Crippen molar-refractivity contribution in [3.63, 3.8) is 0 Å². The van der Waals surface area contributed by atoms with Gasteiger partial charge in [-0.05, 0) is 42.3 Å². The maximum Gasteiger partial charge on any atom is 0.258 e. The number of nitriles is 1. The summed E-state index contributed by atoms with van der Waals surface area (Å²) >= 11 is 0. The SMILES string of the molecule is N#C[C@@H](Cc1ccc2c(c1)CN(c1ccccc1)C2=O)NC(=O)[C@@H]1CNCCCO1. The molecule has 2 aliphatic rings. The second-order valence-corrected chi connectivity index (χ2v) is 7.53. The van der Waals surface area contributed by atoms with Crippen molar-refractivity contribution in [1.82, 2.24) is 10.6 Å². The number of rotatable bonds is 5. The van der Waals surface area contributed by atoms with E-state index in [9.17, 15) is 14.9 Å². The van der Waals surface area contributed by atoms with Gasteiger partial charge in [0.25, 0.3) is 11.8 Å². The third kappa shape index (κ3) is 4.35. The average Bonchev–Trinajstić information content (AvgIpc) is 2.94. The number of amides is 2. The maximum absolute atomic E-state index is 12.7. The number of nitrogens with one attached hydrogen (secondary N) is 2. The number of para-hydroxylation sites is 1. The van der Waals surface area contributed by atoms with Crippen LogP contribution in [-0.2, 0) is 22.5 Å². The van der Waals surface area contributed by atoms with E-state index in [1.807, 2.05) is 48.5 Å². The zero-order valence-corrected chi connectivity index (χ0v) is 16.6. The number of carbonyl (C=O) groups is 2. The lowest BCUT2D eigenvalue weighted by Gasteiger charge is -2.18. The van der Waals surface area contributed by atoms with Gasteiger partial charge in [0, 0.05) is 30.8 Å². The van der Waals surface area contributed by atoms with E-state index < -0.39 is 12.1 Å². The van der Waals surface area contributed by atoms with Crippen LogP contribution in [0.3, 0.4) is 0 Å². The van der Waals surface area contributed by atoms with Crippen molar-refractivity contribution in [1.29, 1.82) is 5.26 Å². The van der Waals surface area contributed by atoms with Gasteiger partial charge in [-0.15, -0.1) is 0 Å². The highest BCUT2D eigenvalue weighted by molar-refractivity contribution is 6.10. The van der Waals surface area contributed by atoms with E-state index in [4.69, 9.17) is 4.74 Å². The summed E-state index contributed by atoms with van der Waals surface area (Å²) in [5.41, 5.74) is 3.38. The van der Waals surface area contributed by atoms with E-state index in [1.54, 1.807) is 4.90 Å². The minimum Gasteiger partial charge on any atom is -0.367 e. The molecule has 2 heterocycles. The van der Waals surface area contributed by atoms with Gasteiger partial charge in [0.2, 0.25) is 0 Å². The number of hydrogen-bond donors (Lipinski definition) is 2. The molecule has 0 spiro atoms. The van der Waals surface area contributed by atoms with Crippen LogP contribution in [0.5, 0.6) is 0 Å². The highest BCUT2D eigenvalue weighted by Gasteiger charge is 2.29. The second-order valence-electron chi connectivity index (χ2n) is 7.53. The van der Waals surface area contributed by atoms with Crippen molar-refractivity contribution in [2.24, 2.45) is 0 Å². The zero-order chi connectivity index (χ0) is 20.9. The fourth-order valence-electron chi connectivity index (χ4n) is 3.83. The lowest BCUT2D eigenvalue weighted by Crippen LogP contribution is -2.46. The van der Waals surface area contributed by atoms with Crippen LogP contribution >= 0.6 is 0 Å². The number of anilines is 1. The molecule has 7 heteroatoms. The van der Waals surface area contributed by atoms with E-state index >= 15 is 0 Å². The van der Waals surface area contributed by atoms with Gasteiger partial charge in [0.1, 0.15) is 12.1 Å². The Morgan fingerprint density at radius 2 is 2.13 bits per heavy atom. The smallest absolute Gasteiger partial charge is 0.258 e. The molecule has 0 radical (unpaired) electrons. The first kappa shape index (κ1) is 20.1. The number of benzene rings is 2. The molecule has 2 aliphatic heterocycles. The Balaban J connectivity index is 1.42. The van der Waals surface area contributed by atoms with Gasteiger partial charge in [-0.1, -0.05) is 30.3 Å². The first-order valence-electron chi connectivity index (χ1n) is 10.2. The van der Waals surface area contributed by atoms with Gasteiger partial charge in [0.05, 0.1) is 12.6 Å². The van der Waals surface area contributed by atoms with Gasteiger partial charge in [-0.3, -0.25) is 9.59 Å². The van der Waals surface area contributed by atoms with E-state index in [0.29, 0.717) is 31.7 Å². The molecule has 0 saturated carbocycles. The zero-order valence-electron chi connectivity index (χ0n) is 16.6. The molecule has 2 amide bonds. The molecule has 154 valence electrons. The predicted molar refractivity (Wildman–Crippen MR) is 112 cm³/mol. The predicted octanol–water partition coefficient (Wildman–Crippen LogP) is 1.78. The van der Waals surface area contributed by atoms with Crippen molar-refractivity contribution in [3.05, 3.63) is 65.2 Å². The molecule has 2 N–H and O–H groups in total. The maximum atomic E-state index is 12.7. The summed E-state index contributed by atoms with van der Waals surface area (Å²) in [6, 6.07) is 16.7. The average molecular weight is 404 g/mol. The van der Waals surface area contributed by atoms with Gasteiger partial charge >= 0.3 is 0 Å². The van der Waals surface area contributed by atoms with Crippen LogP contribution in [-0.4, -0.2) is 43.7 Å². The lowest BCUT2D eigenvalue weighted by molar-refractivity contribution is -0.132. The Morgan fingerprint density at radius 1 is 1.30 bits per heavy atom. The van der Waals surface area contributed by atoms with Gasteiger partial charge in [-0.25, -0.2) is 0 Å². The van der Waals surface area contributed by atoms with Crippen molar-refractivity contribution in [2.45, 2.75) is 31.5 Å². The number of ether oxygens (including phenoxy) is 1. The van der Waals surface area contributed by atoms with Crippen LogP contribution in [0.1, 0.15) is 27.9 Å². The van der Waals surface area contributed by atoms with E-state index in [1.165, 1.54) is 0 Å². The number of fused-ring (bicyclic) bond motifs is 1. The Bertz CT molecular complexity index is 962. The monoisotopic (exact) mass is 404 g/mol. The Hall–Kier alpha value is -3.21. The van der Waals surface area contributed by atoms with Crippen LogP contribution in [0, 0.1) is 11.3 Å². The van der Waals surface area contributed by atoms with E-state index in [2.05, 4.69) is 16.7 Å². The Labute approximate surface area is 175 Å². The molecule has 2 atom stereocenters. The minimum absolute atomic E-state index is 0.0223. The molecular formula is C23H24N4O3. The van der Waals surface area contributed by atoms with Gasteiger partial charge in [-0.2, -0.15) is 5.26 Å². The molecule has 2 aromatic carbocycles. The molecule has 4 rings (SSSR count). The van der Waals surface area contributed by atoms with Crippen LogP contribution in [0.15, 0.2) is 48.5 Å². The summed E-state index contributed by atoms with van der Waals surface area (Å²) in [6.07, 6.45) is 0.648. The molecule has 1 fully saturated rings. The second kappa shape index (κ2) is 9.08. The third-order valence-corrected chi connectivity index (χ3v) is 5.39. The summed E-state index contributed by atoms with van der Waals surface area (Å²) in [4.78, 5) is 26.9. The molecule has 0 unspecified atom stereocenters. The molecule has 0 bridgehead atoms. The topological polar surface area (TPSA) is 94.5 Å². The van der Waals surface area contributed by atoms with Crippen LogP contribution < -0.4 is 15.5 Å².